The van der Waals surface area contributed by atoms with Gasteiger partial charge in [-0.2, -0.15) is 0 Å². The highest BCUT2D eigenvalue weighted by atomic mass is 35.5. The number of benzene rings is 1. The van der Waals surface area contributed by atoms with Crippen molar-refractivity contribution in [3.8, 4) is 0 Å². The van der Waals surface area contributed by atoms with Crippen molar-refractivity contribution < 1.29 is 4.79 Å². The Labute approximate surface area is 119 Å². The van der Waals surface area contributed by atoms with E-state index >= 15 is 0 Å². The molecular weight excluding hydrogens is 295 g/mol. The molecule has 18 heavy (non-hydrogen) atoms. The zero-order valence-electron chi connectivity index (χ0n) is 8.95. The molecule has 0 aliphatic rings. The summed E-state index contributed by atoms with van der Waals surface area (Å²) in [6, 6.07) is 6.30. The molecule has 1 N–H and O–H groups in total. The van der Waals surface area contributed by atoms with Gasteiger partial charge in [-0.25, -0.2) is 0 Å². The van der Waals surface area contributed by atoms with Crippen LogP contribution in [0.1, 0.15) is 10.4 Å². The van der Waals surface area contributed by atoms with Gasteiger partial charge < -0.3 is 5.32 Å². The predicted molar refractivity (Wildman–Crippen MR) is 73.7 cm³/mol. The molecule has 0 spiro atoms. The molecule has 0 fully saturated rings. The number of pyridine rings is 1. The van der Waals surface area contributed by atoms with Crippen LogP contribution in [0.15, 0.2) is 36.7 Å². The average molecular weight is 302 g/mol. The number of nitrogens with one attached hydrogen (secondary N) is 1. The largest absolute Gasteiger partial charge is 0.321 e. The van der Waals surface area contributed by atoms with Crippen LogP contribution in [0.4, 0.5) is 5.69 Å². The first kappa shape index (κ1) is 13.1. The lowest BCUT2D eigenvalue weighted by Gasteiger charge is -2.08. The fourth-order valence-electron chi connectivity index (χ4n) is 1.31. The van der Waals surface area contributed by atoms with Crippen LogP contribution in [0.5, 0.6) is 0 Å². The first-order valence-corrected chi connectivity index (χ1v) is 6.07. The van der Waals surface area contributed by atoms with Crippen molar-refractivity contribution in [2.45, 2.75) is 0 Å². The first-order chi connectivity index (χ1) is 8.58. The van der Waals surface area contributed by atoms with Crippen LogP contribution in [-0.4, -0.2) is 10.9 Å². The summed E-state index contributed by atoms with van der Waals surface area (Å²) >= 11 is 17.6. The molecule has 0 bridgehead atoms. The zero-order valence-corrected chi connectivity index (χ0v) is 11.2. The van der Waals surface area contributed by atoms with E-state index in [4.69, 9.17) is 34.8 Å². The average Bonchev–Trinajstić information content (AvgIpc) is 2.37. The minimum absolute atomic E-state index is 0.316. The lowest BCUT2D eigenvalue weighted by atomic mass is 10.2. The van der Waals surface area contributed by atoms with E-state index in [1.807, 2.05) is 0 Å². The molecule has 0 radical (unpaired) electrons. The number of carbonyl (C=O) groups excluding carboxylic acids is 1. The van der Waals surface area contributed by atoms with Crippen LogP contribution in [0, 0.1) is 0 Å². The third-order valence-electron chi connectivity index (χ3n) is 2.18. The summed E-state index contributed by atoms with van der Waals surface area (Å²) in [7, 11) is 0. The molecule has 1 aromatic heterocycles. The van der Waals surface area contributed by atoms with E-state index in [-0.39, 0.29) is 5.91 Å². The molecular formula is C12H7Cl3N2O. The molecule has 0 saturated heterocycles. The summed E-state index contributed by atoms with van der Waals surface area (Å²) in [4.78, 5) is 15.7. The van der Waals surface area contributed by atoms with Gasteiger partial charge in [-0.3, -0.25) is 9.78 Å². The van der Waals surface area contributed by atoms with Crippen molar-refractivity contribution in [1.29, 1.82) is 0 Å². The highest BCUT2D eigenvalue weighted by Crippen LogP contribution is 2.32. The van der Waals surface area contributed by atoms with Crippen LogP contribution < -0.4 is 5.32 Å². The number of hydrogen-bond donors (Lipinski definition) is 1. The molecule has 2 rings (SSSR count). The molecule has 3 nitrogen and oxygen atoms in total. The summed E-state index contributed by atoms with van der Waals surface area (Å²) in [6.07, 6.45) is 3.05. The second-order valence-corrected chi connectivity index (χ2v) is 4.66. The molecule has 1 heterocycles. The summed E-state index contributed by atoms with van der Waals surface area (Å²) in [5.74, 6) is -0.316. The molecule has 92 valence electrons. The Bertz CT molecular complexity index is 587. The van der Waals surface area contributed by atoms with Gasteiger partial charge in [-0.05, 0) is 24.3 Å². The van der Waals surface area contributed by atoms with Gasteiger partial charge in [0.05, 0.1) is 26.3 Å². The number of rotatable bonds is 2. The molecule has 1 aromatic carbocycles. The van der Waals surface area contributed by atoms with Crippen molar-refractivity contribution in [2.75, 3.05) is 5.32 Å². The number of hydrogen-bond acceptors (Lipinski definition) is 2. The van der Waals surface area contributed by atoms with Crippen molar-refractivity contribution in [2.24, 2.45) is 0 Å². The second kappa shape index (κ2) is 5.57. The van der Waals surface area contributed by atoms with Gasteiger partial charge in [0.1, 0.15) is 0 Å². The number of nitrogens with zero attached hydrogens (tertiary/aromatic N) is 1. The van der Waals surface area contributed by atoms with Crippen molar-refractivity contribution >= 4 is 46.4 Å². The lowest BCUT2D eigenvalue weighted by Crippen LogP contribution is -2.12. The van der Waals surface area contributed by atoms with Crippen LogP contribution in [0.3, 0.4) is 0 Å². The Morgan fingerprint density at radius 3 is 2.50 bits per heavy atom. The number of carbonyl (C=O) groups is 1. The van der Waals surface area contributed by atoms with E-state index in [1.54, 1.807) is 18.3 Å². The SMILES string of the molecule is O=C(Nc1cc(Cl)c(Cl)cc1Cl)c1cccnc1. The standard InChI is InChI=1S/C12H7Cl3N2O/c13-8-4-10(15)11(5-9(8)14)17-12(18)7-2-1-3-16-6-7/h1-6H,(H,17,18). The number of amides is 1. The van der Waals surface area contributed by atoms with Crippen LogP contribution in [-0.2, 0) is 0 Å². The van der Waals surface area contributed by atoms with Crippen molar-refractivity contribution in [3.63, 3.8) is 0 Å². The molecule has 2 aromatic rings. The molecule has 0 aliphatic heterocycles. The second-order valence-electron chi connectivity index (χ2n) is 3.44. The van der Waals surface area contributed by atoms with Crippen molar-refractivity contribution in [1.82, 2.24) is 4.98 Å². The van der Waals surface area contributed by atoms with Gasteiger partial charge in [0.2, 0.25) is 0 Å². The minimum atomic E-state index is -0.316. The van der Waals surface area contributed by atoms with E-state index in [0.29, 0.717) is 26.3 Å². The molecule has 6 heteroatoms. The Kier molecular flexibility index (Phi) is 4.07. The topological polar surface area (TPSA) is 42.0 Å². The van der Waals surface area contributed by atoms with E-state index in [1.165, 1.54) is 18.3 Å². The Balaban J connectivity index is 2.25. The van der Waals surface area contributed by atoms with Gasteiger partial charge in [0.25, 0.3) is 5.91 Å². The molecule has 0 saturated carbocycles. The lowest BCUT2D eigenvalue weighted by molar-refractivity contribution is 0.102. The van der Waals surface area contributed by atoms with Crippen LogP contribution >= 0.6 is 34.8 Å². The molecule has 0 atom stereocenters. The fraction of sp³-hybridized carbons (Fsp3) is 0. The maximum Gasteiger partial charge on any atom is 0.257 e. The smallest absolute Gasteiger partial charge is 0.257 e. The number of anilines is 1. The van der Waals surface area contributed by atoms with Crippen LogP contribution in [0.25, 0.3) is 0 Å². The van der Waals surface area contributed by atoms with E-state index in [2.05, 4.69) is 10.3 Å². The first-order valence-electron chi connectivity index (χ1n) is 4.94. The van der Waals surface area contributed by atoms with Gasteiger partial charge in [-0.15, -0.1) is 0 Å². The van der Waals surface area contributed by atoms with Gasteiger partial charge in [0.15, 0.2) is 0 Å². The maximum atomic E-state index is 11.9. The van der Waals surface area contributed by atoms with E-state index in [9.17, 15) is 4.79 Å². The quantitative estimate of drug-likeness (QED) is 0.841. The van der Waals surface area contributed by atoms with Crippen molar-refractivity contribution in [3.05, 3.63) is 57.3 Å². The minimum Gasteiger partial charge on any atom is -0.321 e. The Hall–Kier alpha value is -1.29. The molecule has 1 amide bonds. The predicted octanol–water partition coefficient (Wildman–Crippen LogP) is 4.29. The zero-order chi connectivity index (χ0) is 13.1. The van der Waals surface area contributed by atoms with Gasteiger partial charge in [0, 0.05) is 12.4 Å². The van der Waals surface area contributed by atoms with Gasteiger partial charge in [-0.1, -0.05) is 34.8 Å². The number of halogens is 3. The fourth-order valence-corrected chi connectivity index (χ4v) is 1.90. The summed E-state index contributed by atoms with van der Waals surface area (Å²) in [5.41, 5.74) is 0.833. The summed E-state index contributed by atoms with van der Waals surface area (Å²) < 4.78 is 0. The van der Waals surface area contributed by atoms with Crippen LogP contribution in [0.2, 0.25) is 15.1 Å². The third kappa shape index (κ3) is 2.93. The van der Waals surface area contributed by atoms with E-state index < -0.39 is 0 Å². The molecule has 0 unspecified atom stereocenters. The third-order valence-corrected chi connectivity index (χ3v) is 3.22. The monoisotopic (exact) mass is 300 g/mol. The maximum absolute atomic E-state index is 11.9. The summed E-state index contributed by atoms with van der Waals surface area (Å²) in [5, 5.41) is 3.62. The number of aromatic nitrogens is 1. The van der Waals surface area contributed by atoms with Gasteiger partial charge >= 0.3 is 0 Å². The Morgan fingerprint density at radius 1 is 1.11 bits per heavy atom. The van der Waals surface area contributed by atoms with E-state index in [0.717, 1.165) is 0 Å². The summed E-state index contributed by atoms with van der Waals surface area (Å²) in [6.45, 7) is 0. The highest BCUT2D eigenvalue weighted by Gasteiger charge is 2.10. The Morgan fingerprint density at radius 2 is 1.83 bits per heavy atom. The highest BCUT2D eigenvalue weighted by molar-refractivity contribution is 6.44. The molecule has 0 aliphatic carbocycles. The normalized spacial score (nSPS) is 10.2.